The quantitative estimate of drug-likeness (QED) is 0.821. The molecule has 1 saturated heterocycles. The fourth-order valence-electron chi connectivity index (χ4n) is 2.66. The highest BCUT2D eigenvalue weighted by molar-refractivity contribution is 6.32. The lowest BCUT2D eigenvalue weighted by Gasteiger charge is -2.29. The van der Waals surface area contributed by atoms with E-state index in [1.165, 1.54) is 0 Å². The zero-order valence-corrected chi connectivity index (χ0v) is 10.8. The van der Waals surface area contributed by atoms with Crippen molar-refractivity contribution in [2.45, 2.75) is 18.8 Å². The first kappa shape index (κ1) is 11.9. The Kier molecular flexibility index (Phi) is 3.22. The van der Waals surface area contributed by atoms with Crippen LogP contribution in [0.5, 0.6) is 17.2 Å². The summed E-state index contributed by atoms with van der Waals surface area (Å²) in [5, 5.41) is 13.9. The molecule has 0 amide bonds. The Morgan fingerprint density at radius 3 is 2.72 bits per heavy atom. The Labute approximate surface area is 111 Å². The number of ether oxygens (including phenoxy) is 2. The molecule has 1 aromatic carbocycles. The number of hydrogen-bond donors (Lipinski definition) is 2. The highest BCUT2D eigenvalue weighted by Crippen LogP contribution is 2.48. The monoisotopic (exact) mass is 269 g/mol. The number of fused-ring (bicyclic) bond motifs is 1. The summed E-state index contributed by atoms with van der Waals surface area (Å²) < 4.78 is 11.2. The van der Waals surface area contributed by atoms with Crippen molar-refractivity contribution >= 4 is 11.6 Å². The highest BCUT2D eigenvalue weighted by Gasteiger charge is 2.28. The molecule has 0 spiro atoms. The van der Waals surface area contributed by atoms with E-state index in [-0.39, 0.29) is 11.7 Å². The Morgan fingerprint density at radius 2 is 1.94 bits per heavy atom. The number of phenols is 1. The number of halogens is 1. The molecule has 0 radical (unpaired) electrons. The molecule has 0 bridgehead atoms. The maximum atomic E-state index is 10.2. The predicted octanol–water partition coefficient (Wildman–Crippen LogP) is 2.28. The molecular formula is C13H16ClNO3. The van der Waals surface area contributed by atoms with Crippen LogP contribution in [0.1, 0.15) is 24.3 Å². The molecule has 2 N–H and O–H groups in total. The molecule has 5 heteroatoms. The van der Waals surface area contributed by atoms with E-state index in [4.69, 9.17) is 21.1 Å². The summed E-state index contributed by atoms with van der Waals surface area (Å²) in [6, 6.07) is 1.63. The lowest BCUT2D eigenvalue weighted by atomic mass is 9.88. The van der Waals surface area contributed by atoms with Crippen molar-refractivity contribution in [1.82, 2.24) is 5.32 Å². The van der Waals surface area contributed by atoms with Crippen molar-refractivity contribution in [3.8, 4) is 17.2 Å². The molecule has 0 unspecified atom stereocenters. The van der Waals surface area contributed by atoms with E-state index >= 15 is 0 Å². The second-order valence-corrected chi connectivity index (χ2v) is 5.08. The van der Waals surface area contributed by atoms with Crippen molar-refractivity contribution in [3.05, 3.63) is 16.7 Å². The molecular weight excluding hydrogens is 254 g/mol. The highest BCUT2D eigenvalue weighted by atomic mass is 35.5. The van der Waals surface area contributed by atoms with E-state index in [1.54, 1.807) is 6.07 Å². The first-order valence-electron chi connectivity index (χ1n) is 6.29. The molecule has 18 heavy (non-hydrogen) atoms. The number of hydrogen-bond acceptors (Lipinski definition) is 4. The topological polar surface area (TPSA) is 50.7 Å². The Morgan fingerprint density at radius 1 is 1.22 bits per heavy atom. The van der Waals surface area contributed by atoms with Gasteiger partial charge in [-0.05, 0) is 31.8 Å². The fourth-order valence-corrected chi connectivity index (χ4v) is 2.86. The fraction of sp³-hybridized carbons (Fsp3) is 0.538. The summed E-state index contributed by atoms with van der Waals surface area (Å²) in [5.41, 5.74) is 0.818. The van der Waals surface area contributed by atoms with E-state index < -0.39 is 0 Å². The van der Waals surface area contributed by atoms with Gasteiger partial charge in [-0.1, -0.05) is 11.6 Å². The molecule has 1 aromatic rings. The molecule has 1 fully saturated rings. The van der Waals surface area contributed by atoms with Gasteiger partial charge in [0.2, 0.25) is 0 Å². The Hall–Kier alpha value is -1.13. The number of phenolic OH excluding ortho intramolecular Hbond substituents is 1. The average molecular weight is 270 g/mol. The van der Waals surface area contributed by atoms with Crippen molar-refractivity contribution in [3.63, 3.8) is 0 Å². The van der Waals surface area contributed by atoms with Crippen LogP contribution >= 0.6 is 11.6 Å². The van der Waals surface area contributed by atoms with Crippen molar-refractivity contribution in [2.24, 2.45) is 0 Å². The van der Waals surface area contributed by atoms with Crippen molar-refractivity contribution in [1.29, 1.82) is 0 Å². The van der Waals surface area contributed by atoms with Crippen LogP contribution in [0.2, 0.25) is 5.02 Å². The van der Waals surface area contributed by atoms with Gasteiger partial charge in [0.25, 0.3) is 0 Å². The van der Waals surface area contributed by atoms with Gasteiger partial charge >= 0.3 is 0 Å². The lowest BCUT2D eigenvalue weighted by molar-refractivity contribution is 0.167. The molecule has 4 nitrogen and oxygen atoms in total. The van der Waals surface area contributed by atoms with Crippen LogP contribution in [0.4, 0.5) is 0 Å². The van der Waals surface area contributed by atoms with Crippen LogP contribution in [0.15, 0.2) is 6.07 Å². The van der Waals surface area contributed by atoms with E-state index in [0.717, 1.165) is 31.5 Å². The minimum Gasteiger partial charge on any atom is -0.506 e. The van der Waals surface area contributed by atoms with Crippen LogP contribution in [0, 0.1) is 0 Å². The van der Waals surface area contributed by atoms with E-state index in [2.05, 4.69) is 5.32 Å². The van der Waals surface area contributed by atoms with Gasteiger partial charge in [0, 0.05) is 11.6 Å². The minimum absolute atomic E-state index is 0.146. The minimum atomic E-state index is 0.146. The summed E-state index contributed by atoms with van der Waals surface area (Å²) in [7, 11) is 0. The second-order valence-electron chi connectivity index (χ2n) is 4.67. The van der Waals surface area contributed by atoms with Crippen LogP contribution in [0.25, 0.3) is 0 Å². The molecule has 0 aromatic heterocycles. The summed E-state index contributed by atoms with van der Waals surface area (Å²) in [6.07, 6.45) is 1.95. The molecule has 3 rings (SSSR count). The first-order chi connectivity index (χ1) is 8.77. The van der Waals surface area contributed by atoms with Crippen molar-refractivity contribution < 1.29 is 14.6 Å². The maximum absolute atomic E-state index is 10.2. The van der Waals surface area contributed by atoms with E-state index in [0.29, 0.717) is 29.7 Å². The zero-order chi connectivity index (χ0) is 12.5. The summed E-state index contributed by atoms with van der Waals surface area (Å²) in [6.45, 7) is 2.95. The molecule has 2 aliphatic heterocycles. The van der Waals surface area contributed by atoms with Gasteiger partial charge in [-0.25, -0.2) is 0 Å². The number of rotatable bonds is 1. The number of benzene rings is 1. The molecule has 98 valence electrons. The summed E-state index contributed by atoms with van der Waals surface area (Å²) >= 11 is 6.07. The van der Waals surface area contributed by atoms with Gasteiger partial charge in [0.1, 0.15) is 19.0 Å². The molecule has 0 atom stereocenters. The predicted molar refractivity (Wildman–Crippen MR) is 69.0 cm³/mol. The standard InChI is InChI=1S/C13H16ClNO3/c14-9-7-10-13(18-6-5-17-10)11(12(9)16)8-1-3-15-4-2-8/h7-8,15-16H,1-6H2. The summed E-state index contributed by atoms with van der Waals surface area (Å²) in [4.78, 5) is 0. The SMILES string of the molecule is Oc1c(Cl)cc2c(c1C1CCNCC1)OCCO2. The number of aromatic hydroxyl groups is 1. The first-order valence-corrected chi connectivity index (χ1v) is 6.67. The Balaban J connectivity index is 2.07. The van der Waals surface area contributed by atoms with Gasteiger partial charge in [-0.15, -0.1) is 0 Å². The normalized spacial score (nSPS) is 19.8. The number of piperidine rings is 1. The van der Waals surface area contributed by atoms with E-state index in [9.17, 15) is 5.11 Å². The van der Waals surface area contributed by atoms with Gasteiger partial charge in [-0.3, -0.25) is 0 Å². The van der Waals surface area contributed by atoms with Gasteiger partial charge in [0.05, 0.1) is 5.02 Å². The van der Waals surface area contributed by atoms with Crippen molar-refractivity contribution in [2.75, 3.05) is 26.3 Å². The van der Waals surface area contributed by atoms with Crippen LogP contribution < -0.4 is 14.8 Å². The Bertz CT molecular complexity index is 458. The third-order valence-corrected chi connectivity index (χ3v) is 3.83. The van der Waals surface area contributed by atoms with Crippen LogP contribution in [0.3, 0.4) is 0 Å². The lowest BCUT2D eigenvalue weighted by Crippen LogP contribution is -2.27. The van der Waals surface area contributed by atoms with Gasteiger partial charge < -0.3 is 19.9 Å². The molecule has 0 saturated carbocycles. The van der Waals surface area contributed by atoms with Gasteiger partial charge in [0.15, 0.2) is 11.5 Å². The molecule has 0 aliphatic carbocycles. The smallest absolute Gasteiger partial charge is 0.168 e. The molecule has 2 aliphatic rings. The average Bonchev–Trinajstić information content (AvgIpc) is 2.41. The zero-order valence-electron chi connectivity index (χ0n) is 10.0. The maximum Gasteiger partial charge on any atom is 0.168 e. The van der Waals surface area contributed by atoms with E-state index in [1.807, 2.05) is 0 Å². The second kappa shape index (κ2) is 4.86. The van der Waals surface area contributed by atoms with Crippen LogP contribution in [-0.2, 0) is 0 Å². The third kappa shape index (κ3) is 1.99. The third-order valence-electron chi connectivity index (χ3n) is 3.54. The summed E-state index contributed by atoms with van der Waals surface area (Å²) in [5.74, 6) is 1.75. The molecule has 2 heterocycles. The van der Waals surface area contributed by atoms with Gasteiger partial charge in [-0.2, -0.15) is 0 Å². The van der Waals surface area contributed by atoms with Crippen LogP contribution in [-0.4, -0.2) is 31.4 Å². The number of nitrogens with one attached hydrogen (secondary N) is 1. The largest absolute Gasteiger partial charge is 0.506 e.